The van der Waals surface area contributed by atoms with Crippen LogP contribution in [-0.4, -0.2) is 21.8 Å². The number of esters is 1. The Hall–Kier alpha value is -0.313. The molecule has 0 aliphatic heterocycles. The third kappa shape index (κ3) is 2.83. The summed E-state index contributed by atoms with van der Waals surface area (Å²) in [4.78, 5) is 11.4. The number of rotatable bonds is 4. The summed E-state index contributed by atoms with van der Waals surface area (Å²) in [6, 6.07) is 1.03. The van der Waals surface area contributed by atoms with Crippen LogP contribution in [0.5, 0.6) is 0 Å². The molecule has 0 amide bonds. The fourth-order valence-electron chi connectivity index (χ4n) is 2.04. The van der Waals surface area contributed by atoms with Gasteiger partial charge < -0.3 is 4.74 Å². The van der Waals surface area contributed by atoms with Gasteiger partial charge in [0.1, 0.15) is 5.60 Å². The Bertz CT molecular complexity index is 174. The minimum Gasteiger partial charge on any atom is -0.459 e. The first kappa shape index (κ1) is 10.8. The molecule has 76 valence electrons. The summed E-state index contributed by atoms with van der Waals surface area (Å²) in [6.45, 7) is 2.12. The van der Waals surface area contributed by atoms with Gasteiger partial charge in [-0.3, -0.25) is 4.79 Å². The summed E-state index contributed by atoms with van der Waals surface area (Å²) >= 11 is 0. The van der Waals surface area contributed by atoms with Crippen molar-refractivity contribution < 1.29 is 9.53 Å². The van der Waals surface area contributed by atoms with Crippen molar-refractivity contribution in [2.24, 2.45) is 0 Å². The van der Waals surface area contributed by atoms with Gasteiger partial charge in [-0.25, -0.2) is 0 Å². The van der Waals surface area contributed by atoms with E-state index in [0.29, 0.717) is 6.42 Å². The first-order chi connectivity index (χ1) is 6.22. The predicted octanol–water partition coefficient (Wildman–Crippen LogP) is 1.43. The lowest BCUT2D eigenvalue weighted by atomic mass is 9.99. The number of ether oxygens (including phenoxy) is 1. The predicted molar refractivity (Wildman–Crippen MR) is 56.9 cm³/mol. The van der Waals surface area contributed by atoms with E-state index in [1.165, 1.54) is 12.8 Å². The van der Waals surface area contributed by atoms with E-state index in [9.17, 15) is 4.79 Å². The Kier molecular flexibility index (Phi) is 3.97. The molecule has 0 radical (unpaired) electrons. The van der Waals surface area contributed by atoms with E-state index in [-0.39, 0.29) is 11.6 Å². The summed E-state index contributed by atoms with van der Waals surface area (Å²) < 4.78 is 5.57. The largest absolute Gasteiger partial charge is 0.459 e. The average molecular weight is 200 g/mol. The summed E-state index contributed by atoms with van der Waals surface area (Å²) in [5, 5.41) is 0. The fourth-order valence-corrected chi connectivity index (χ4v) is 2.45. The van der Waals surface area contributed by atoms with Crippen molar-refractivity contribution in [2.45, 2.75) is 57.1 Å². The Balaban J connectivity index is 2.43. The second-order valence-electron chi connectivity index (χ2n) is 3.97. The van der Waals surface area contributed by atoms with Crippen LogP contribution in [0, 0.1) is 0 Å². The van der Waals surface area contributed by atoms with Crippen LogP contribution in [0.3, 0.4) is 0 Å². The molecule has 0 unspecified atom stereocenters. The van der Waals surface area contributed by atoms with E-state index in [1.54, 1.807) is 0 Å². The quantitative estimate of drug-likeness (QED) is 0.507. The Morgan fingerprint density at radius 2 is 2.08 bits per heavy atom. The molecule has 3 heteroatoms. The van der Waals surface area contributed by atoms with Gasteiger partial charge in [-0.15, -0.1) is 0 Å². The minimum absolute atomic E-state index is 0.0266. The second-order valence-corrected chi connectivity index (χ2v) is 4.97. The lowest BCUT2D eigenvalue weighted by Crippen LogP contribution is -2.30. The normalized spacial score (nSPS) is 20.4. The van der Waals surface area contributed by atoms with Crippen molar-refractivity contribution in [3.63, 3.8) is 0 Å². The van der Waals surface area contributed by atoms with Gasteiger partial charge in [0.05, 0.1) is 0 Å². The van der Waals surface area contributed by atoms with Crippen LogP contribution in [0.4, 0.5) is 0 Å². The topological polar surface area (TPSA) is 26.3 Å². The molecule has 13 heavy (non-hydrogen) atoms. The van der Waals surface area contributed by atoms with Crippen molar-refractivity contribution in [2.75, 3.05) is 0 Å². The van der Waals surface area contributed by atoms with Crippen molar-refractivity contribution in [1.29, 1.82) is 0 Å². The van der Waals surface area contributed by atoms with Crippen LogP contribution < -0.4 is 0 Å². The summed E-state index contributed by atoms with van der Waals surface area (Å²) in [5.74, 6) is 0.0266. The Labute approximate surface area is 83.5 Å². The second kappa shape index (κ2) is 4.79. The van der Waals surface area contributed by atoms with Gasteiger partial charge in [-0.05, 0) is 32.1 Å². The molecule has 0 spiro atoms. The molecule has 0 saturated heterocycles. The zero-order valence-electron chi connectivity index (χ0n) is 8.77. The highest BCUT2D eigenvalue weighted by molar-refractivity contribution is 6.09. The van der Waals surface area contributed by atoms with E-state index < -0.39 is 0 Å². The van der Waals surface area contributed by atoms with Gasteiger partial charge >= 0.3 is 5.97 Å². The molecule has 0 N–H and O–H groups in total. The molecular formula is C10H20O2Si. The first-order valence-corrected chi connectivity index (χ1v) is 6.86. The average Bonchev–Trinajstić information content (AvgIpc) is 2.54. The van der Waals surface area contributed by atoms with Gasteiger partial charge in [0.15, 0.2) is 0 Å². The van der Waals surface area contributed by atoms with E-state index >= 15 is 0 Å². The molecule has 0 atom stereocenters. The van der Waals surface area contributed by atoms with Crippen molar-refractivity contribution >= 4 is 16.2 Å². The highest BCUT2D eigenvalue weighted by Gasteiger charge is 2.35. The summed E-state index contributed by atoms with van der Waals surface area (Å²) in [7, 11) is 1.10. The summed E-state index contributed by atoms with van der Waals surface area (Å²) in [5.41, 5.74) is -0.0756. The van der Waals surface area contributed by atoms with Crippen LogP contribution in [0.1, 0.15) is 45.4 Å². The zero-order chi connectivity index (χ0) is 9.73. The first-order valence-electron chi connectivity index (χ1n) is 5.44. The van der Waals surface area contributed by atoms with Gasteiger partial charge in [0.25, 0.3) is 0 Å². The van der Waals surface area contributed by atoms with Crippen LogP contribution in [0.15, 0.2) is 0 Å². The van der Waals surface area contributed by atoms with Crippen LogP contribution >= 0.6 is 0 Å². The number of hydrogen-bond acceptors (Lipinski definition) is 2. The molecule has 0 heterocycles. The number of hydrogen-bond donors (Lipinski definition) is 0. The molecule has 0 aromatic rings. The molecule has 1 rings (SSSR count). The van der Waals surface area contributed by atoms with Gasteiger partial charge in [-0.2, -0.15) is 0 Å². The maximum Gasteiger partial charge on any atom is 0.306 e. The molecule has 2 nitrogen and oxygen atoms in total. The molecular weight excluding hydrogens is 180 g/mol. The maximum absolute atomic E-state index is 11.4. The molecule has 0 aromatic heterocycles. The van der Waals surface area contributed by atoms with Crippen molar-refractivity contribution in [1.82, 2.24) is 0 Å². The highest BCUT2D eigenvalue weighted by Crippen LogP contribution is 2.36. The molecule has 1 saturated carbocycles. The van der Waals surface area contributed by atoms with Crippen LogP contribution in [-0.2, 0) is 9.53 Å². The highest BCUT2D eigenvalue weighted by atomic mass is 28.1. The van der Waals surface area contributed by atoms with Crippen molar-refractivity contribution in [3.8, 4) is 0 Å². The van der Waals surface area contributed by atoms with E-state index in [0.717, 1.165) is 35.5 Å². The molecule has 1 aliphatic carbocycles. The lowest BCUT2D eigenvalue weighted by Gasteiger charge is -2.27. The third-order valence-corrected chi connectivity index (χ3v) is 3.44. The van der Waals surface area contributed by atoms with E-state index in [4.69, 9.17) is 4.74 Å². The molecule has 1 aliphatic rings. The maximum atomic E-state index is 11.4. The Morgan fingerprint density at radius 1 is 1.46 bits per heavy atom. The third-order valence-electron chi connectivity index (χ3n) is 2.94. The molecule has 0 bridgehead atoms. The van der Waals surface area contributed by atoms with Crippen LogP contribution in [0.2, 0.25) is 6.04 Å². The number of carbonyl (C=O) groups excluding carboxylic acids is 1. The monoisotopic (exact) mass is 200 g/mol. The molecule has 0 aromatic carbocycles. The summed E-state index contributed by atoms with van der Waals surface area (Å²) in [6.07, 6.45) is 6.23. The standard InChI is InChI=1S/C10H20O2Si/c1-2-10(6-3-4-7-10)12-9(11)5-8-13/h2-8H2,1,13H3. The lowest BCUT2D eigenvalue weighted by molar-refractivity contribution is -0.159. The smallest absolute Gasteiger partial charge is 0.306 e. The minimum atomic E-state index is -0.0756. The van der Waals surface area contributed by atoms with Gasteiger partial charge in [0.2, 0.25) is 0 Å². The fraction of sp³-hybridized carbons (Fsp3) is 0.900. The van der Waals surface area contributed by atoms with E-state index in [1.807, 2.05) is 0 Å². The van der Waals surface area contributed by atoms with E-state index in [2.05, 4.69) is 6.92 Å². The zero-order valence-corrected chi connectivity index (χ0v) is 10.8. The van der Waals surface area contributed by atoms with Crippen molar-refractivity contribution in [3.05, 3.63) is 0 Å². The van der Waals surface area contributed by atoms with Crippen LogP contribution in [0.25, 0.3) is 0 Å². The van der Waals surface area contributed by atoms with Gasteiger partial charge in [-0.1, -0.05) is 13.0 Å². The Morgan fingerprint density at radius 3 is 2.54 bits per heavy atom. The van der Waals surface area contributed by atoms with Gasteiger partial charge in [0, 0.05) is 16.7 Å². The number of carbonyl (C=O) groups is 1. The molecule has 1 fully saturated rings. The SMILES string of the molecule is CCC1(OC(=O)CC[SiH3])CCCC1.